The predicted octanol–water partition coefficient (Wildman–Crippen LogP) is 2.42. The van der Waals surface area contributed by atoms with Gasteiger partial charge in [0.2, 0.25) is 0 Å². The van der Waals surface area contributed by atoms with Gasteiger partial charge >= 0.3 is 0 Å². The van der Waals surface area contributed by atoms with Gasteiger partial charge in [0.05, 0.1) is 16.2 Å². The number of hydrogen-bond acceptors (Lipinski definition) is 5. The Morgan fingerprint density at radius 3 is 3.04 bits per heavy atom. The number of anilines is 1. The fraction of sp³-hybridized carbons (Fsp3) is 0.353. The normalized spacial score (nSPS) is 17.6. The van der Waals surface area contributed by atoms with E-state index in [1.807, 2.05) is 37.7 Å². The van der Waals surface area contributed by atoms with Crippen molar-refractivity contribution < 1.29 is 4.79 Å². The fourth-order valence-electron chi connectivity index (χ4n) is 3.18. The minimum atomic E-state index is -0.0868. The number of carbonyl (C=O) groups is 1. The van der Waals surface area contributed by atoms with Gasteiger partial charge in [-0.1, -0.05) is 0 Å². The quantitative estimate of drug-likeness (QED) is 0.795. The lowest BCUT2D eigenvalue weighted by Gasteiger charge is -2.19. The summed E-state index contributed by atoms with van der Waals surface area (Å²) in [6.07, 6.45) is 4.98. The second kappa shape index (κ2) is 5.90. The van der Waals surface area contributed by atoms with Crippen molar-refractivity contribution in [2.45, 2.75) is 26.3 Å². The molecule has 24 heavy (non-hydrogen) atoms. The summed E-state index contributed by atoms with van der Waals surface area (Å²) >= 11 is 1.50. The van der Waals surface area contributed by atoms with Crippen LogP contribution in [0.4, 0.5) is 5.82 Å². The Balaban J connectivity index is 1.50. The van der Waals surface area contributed by atoms with Crippen LogP contribution in [0.15, 0.2) is 29.9 Å². The maximum atomic E-state index is 12.3. The summed E-state index contributed by atoms with van der Waals surface area (Å²) in [5, 5.41) is 5.81. The molecule has 0 spiro atoms. The first-order chi connectivity index (χ1) is 11.6. The zero-order valence-corrected chi connectivity index (χ0v) is 14.5. The van der Waals surface area contributed by atoms with Gasteiger partial charge in [-0.25, -0.2) is 9.97 Å². The van der Waals surface area contributed by atoms with Crippen molar-refractivity contribution >= 4 is 28.6 Å². The number of rotatable bonds is 3. The van der Waals surface area contributed by atoms with Crippen LogP contribution in [0.5, 0.6) is 0 Å². The number of hydrogen-bond donors (Lipinski definition) is 1. The van der Waals surface area contributed by atoms with Crippen molar-refractivity contribution in [3.05, 3.63) is 46.3 Å². The minimum absolute atomic E-state index is 0.0868. The van der Waals surface area contributed by atoms with Crippen LogP contribution in [0.3, 0.4) is 0 Å². The highest BCUT2D eigenvalue weighted by atomic mass is 32.1. The molecule has 0 aromatic carbocycles. The third-order valence-corrected chi connectivity index (χ3v) is 5.06. The van der Waals surface area contributed by atoms with Crippen molar-refractivity contribution in [2.24, 2.45) is 0 Å². The van der Waals surface area contributed by atoms with E-state index in [4.69, 9.17) is 4.98 Å². The second-order valence-corrected chi connectivity index (χ2v) is 7.23. The van der Waals surface area contributed by atoms with Gasteiger partial charge in [-0.15, -0.1) is 11.3 Å². The number of nitrogens with zero attached hydrogens (tertiary/aromatic N) is 4. The highest BCUT2D eigenvalue weighted by Crippen LogP contribution is 2.24. The average Bonchev–Trinajstić information content (AvgIpc) is 3.26. The van der Waals surface area contributed by atoms with Crippen molar-refractivity contribution in [1.29, 1.82) is 0 Å². The first-order valence-corrected chi connectivity index (χ1v) is 8.90. The Kier molecular flexibility index (Phi) is 3.72. The SMILES string of the molecule is Cc1cn2cccc2c(N2CCC(NC(=O)c3csc(C)n3)C2)n1. The Bertz CT molecular complexity index is 899. The van der Waals surface area contributed by atoms with Crippen molar-refractivity contribution in [1.82, 2.24) is 19.7 Å². The lowest BCUT2D eigenvalue weighted by atomic mass is 10.2. The number of aromatic nitrogens is 3. The molecule has 124 valence electrons. The molecule has 0 bridgehead atoms. The van der Waals surface area contributed by atoms with Gasteiger partial charge in [-0.2, -0.15) is 0 Å². The first kappa shape index (κ1) is 15.1. The molecule has 1 atom stereocenters. The third-order valence-electron chi connectivity index (χ3n) is 4.29. The number of aryl methyl sites for hydroxylation is 2. The molecular formula is C17H19N5OS. The molecule has 1 unspecified atom stereocenters. The summed E-state index contributed by atoms with van der Waals surface area (Å²) in [5.41, 5.74) is 2.60. The maximum Gasteiger partial charge on any atom is 0.271 e. The van der Waals surface area contributed by atoms with E-state index in [0.717, 1.165) is 41.5 Å². The van der Waals surface area contributed by atoms with E-state index in [1.54, 1.807) is 0 Å². The van der Waals surface area contributed by atoms with Gasteiger partial charge in [0.25, 0.3) is 5.91 Å². The van der Waals surface area contributed by atoms with Crippen molar-refractivity contribution in [2.75, 3.05) is 18.0 Å². The third kappa shape index (κ3) is 2.75. The molecule has 1 saturated heterocycles. The molecule has 0 aliphatic carbocycles. The molecule has 1 fully saturated rings. The molecular weight excluding hydrogens is 322 g/mol. The van der Waals surface area contributed by atoms with Crippen LogP contribution in [-0.4, -0.2) is 39.4 Å². The zero-order chi connectivity index (χ0) is 16.7. The number of fused-ring (bicyclic) bond motifs is 1. The monoisotopic (exact) mass is 341 g/mol. The topological polar surface area (TPSA) is 62.5 Å². The second-order valence-electron chi connectivity index (χ2n) is 6.16. The fourth-order valence-corrected chi connectivity index (χ4v) is 3.77. The van der Waals surface area contributed by atoms with Gasteiger partial charge < -0.3 is 14.6 Å². The Morgan fingerprint density at radius 2 is 2.25 bits per heavy atom. The summed E-state index contributed by atoms with van der Waals surface area (Å²) in [5.74, 6) is 0.900. The van der Waals surface area contributed by atoms with Crippen LogP contribution in [0, 0.1) is 13.8 Å². The largest absolute Gasteiger partial charge is 0.353 e. The Labute approximate surface area is 144 Å². The molecule has 7 heteroatoms. The van der Waals surface area contributed by atoms with E-state index < -0.39 is 0 Å². The molecule has 3 aromatic rings. The molecule has 1 N–H and O–H groups in total. The number of thiazole rings is 1. The van der Waals surface area contributed by atoms with Crippen LogP contribution in [0.1, 0.15) is 27.6 Å². The standard InChI is InChI=1S/C17H19N5OS/c1-11-8-21-6-3-4-15(21)16(18-11)22-7-5-13(9-22)20-17(23)14-10-24-12(2)19-14/h3-4,6,8,10,13H,5,7,9H2,1-2H3,(H,20,23). The lowest BCUT2D eigenvalue weighted by molar-refractivity contribution is 0.0936. The molecule has 1 aliphatic rings. The molecule has 3 aromatic heterocycles. The van der Waals surface area contributed by atoms with Crippen LogP contribution in [-0.2, 0) is 0 Å². The van der Waals surface area contributed by atoms with Crippen LogP contribution < -0.4 is 10.2 Å². The van der Waals surface area contributed by atoms with Gasteiger partial charge in [-0.3, -0.25) is 4.79 Å². The molecule has 1 amide bonds. The van der Waals surface area contributed by atoms with E-state index in [2.05, 4.69) is 25.7 Å². The summed E-state index contributed by atoms with van der Waals surface area (Å²) < 4.78 is 2.10. The molecule has 4 rings (SSSR count). The summed E-state index contributed by atoms with van der Waals surface area (Å²) in [4.78, 5) is 23.5. The van der Waals surface area contributed by atoms with E-state index in [1.165, 1.54) is 11.3 Å². The van der Waals surface area contributed by atoms with Gasteiger partial charge in [0.15, 0.2) is 5.82 Å². The Morgan fingerprint density at radius 1 is 1.38 bits per heavy atom. The van der Waals surface area contributed by atoms with Crippen LogP contribution in [0.25, 0.3) is 5.52 Å². The Hall–Kier alpha value is -2.41. The summed E-state index contributed by atoms with van der Waals surface area (Å²) in [7, 11) is 0. The van der Waals surface area contributed by atoms with Gasteiger partial charge in [0.1, 0.15) is 5.69 Å². The lowest BCUT2D eigenvalue weighted by Crippen LogP contribution is -2.37. The minimum Gasteiger partial charge on any atom is -0.353 e. The van der Waals surface area contributed by atoms with E-state index in [9.17, 15) is 4.79 Å². The molecule has 0 saturated carbocycles. The molecule has 4 heterocycles. The van der Waals surface area contributed by atoms with E-state index in [0.29, 0.717) is 5.69 Å². The van der Waals surface area contributed by atoms with Gasteiger partial charge in [-0.05, 0) is 32.4 Å². The molecule has 0 radical (unpaired) electrons. The van der Waals surface area contributed by atoms with E-state index in [-0.39, 0.29) is 11.9 Å². The van der Waals surface area contributed by atoms with E-state index >= 15 is 0 Å². The number of amides is 1. The smallest absolute Gasteiger partial charge is 0.271 e. The summed E-state index contributed by atoms with van der Waals surface area (Å²) in [6.45, 7) is 5.57. The van der Waals surface area contributed by atoms with Crippen molar-refractivity contribution in [3.8, 4) is 0 Å². The van der Waals surface area contributed by atoms with Crippen molar-refractivity contribution in [3.63, 3.8) is 0 Å². The number of carbonyl (C=O) groups excluding carboxylic acids is 1. The highest BCUT2D eigenvalue weighted by Gasteiger charge is 2.27. The average molecular weight is 341 g/mol. The summed E-state index contributed by atoms with van der Waals surface area (Å²) in [6, 6.07) is 4.22. The number of nitrogens with one attached hydrogen (secondary N) is 1. The highest BCUT2D eigenvalue weighted by molar-refractivity contribution is 7.09. The van der Waals surface area contributed by atoms with Crippen LogP contribution >= 0.6 is 11.3 Å². The molecule has 6 nitrogen and oxygen atoms in total. The van der Waals surface area contributed by atoms with Crippen LogP contribution in [0.2, 0.25) is 0 Å². The molecule has 1 aliphatic heterocycles. The maximum absolute atomic E-state index is 12.3. The van der Waals surface area contributed by atoms with Gasteiger partial charge in [0, 0.05) is 36.9 Å². The predicted molar refractivity (Wildman–Crippen MR) is 94.9 cm³/mol. The zero-order valence-electron chi connectivity index (χ0n) is 13.7. The first-order valence-electron chi connectivity index (χ1n) is 8.02.